The Kier molecular flexibility index (Phi) is 1.84. The topological polar surface area (TPSA) is 43.6 Å². The van der Waals surface area contributed by atoms with Crippen LogP contribution >= 0.6 is 0 Å². The van der Waals surface area contributed by atoms with Gasteiger partial charge in [0.05, 0.1) is 16.4 Å². The van der Waals surface area contributed by atoms with E-state index in [-0.39, 0.29) is 36.2 Å². The summed E-state index contributed by atoms with van der Waals surface area (Å²) >= 11 is 0. The van der Waals surface area contributed by atoms with Crippen LogP contribution in [0.5, 0.6) is 0 Å². The molecule has 0 fully saturated rings. The molecule has 84 valence electrons. The molecule has 4 heteroatoms. The number of ether oxygens (including phenoxy) is 1. The normalized spacial score (nSPS) is 13.3. The summed E-state index contributed by atoms with van der Waals surface area (Å²) in [4.78, 5) is 16.0. The summed E-state index contributed by atoms with van der Waals surface area (Å²) in [7, 11) is 0. The van der Waals surface area contributed by atoms with E-state index in [9.17, 15) is 4.79 Å². The molecule has 0 aliphatic heterocycles. The van der Waals surface area contributed by atoms with Crippen molar-refractivity contribution in [3.8, 4) is 0 Å². The Bertz CT molecular complexity index is 680. The number of fused-ring (bicyclic) bond motifs is 1. The van der Waals surface area contributed by atoms with Crippen LogP contribution in [0.1, 0.15) is 32.8 Å². The van der Waals surface area contributed by atoms with E-state index in [0.717, 1.165) is 0 Å². The van der Waals surface area contributed by atoms with Gasteiger partial charge in [-0.3, -0.25) is 4.40 Å². The van der Waals surface area contributed by atoms with E-state index < -0.39 is 5.97 Å². The third-order valence-electron chi connectivity index (χ3n) is 2.16. The number of rotatable bonds is 2. The van der Waals surface area contributed by atoms with Gasteiger partial charge in [0.25, 0.3) is 0 Å². The highest BCUT2D eigenvalue weighted by atomic mass is 16.5. The van der Waals surface area contributed by atoms with E-state index in [1.54, 1.807) is 20.8 Å². The lowest BCUT2D eigenvalue weighted by atomic mass is 10.3. The lowest BCUT2D eigenvalue weighted by Gasteiger charge is -2.03. The first-order valence-corrected chi connectivity index (χ1v) is 5.02. The molecular formula is C12H14N2O2. The number of aromatic nitrogens is 2. The molecule has 0 unspecified atom stereocenters. The molecule has 2 rings (SSSR count). The van der Waals surface area contributed by atoms with Gasteiger partial charge in [-0.05, 0) is 32.4 Å². The number of hydrogen-bond acceptors (Lipinski definition) is 3. The molecule has 0 aromatic carbocycles. The Morgan fingerprint density at radius 2 is 2.31 bits per heavy atom. The molecule has 16 heavy (non-hydrogen) atoms. The predicted octanol–water partition coefficient (Wildman–Crippen LogP) is 2.13. The lowest BCUT2D eigenvalue weighted by Crippen LogP contribution is -2.09. The largest absolute Gasteiger partial charge is 0.461 e. The van der Waals surface area contributed by atoms with Crippen molar-refractivity contribution >= 4 is 11.6 Å². The van der Waals surface area contributed by atoms with Crippen LogP contribution < -0.4 is 0 Å². The van der Waals surface area contributed by atoms with Crippen LogP contribution in [0.2, 0.25) is 0 Å². The number of aryl methyl sites for hydroxylation is 1. The Morgan fingerprint density at radius 3 is 3.00 bits per heavy atom. The van der Waals surface area contributed by atoms with E-state index in [1.165, 1.54) is 4.40 Å². The van der Waals surface area contributed by atoms with Gasteiger partial charge >= 0.3 is 5.97 Å². The Balaban J connectivity index is 2.87. The SMILES string of the molecule is [2H]c1c(C)c([2H])n2c(C(=O)OCC)c(C)nc2c1[2H]. The molecule has 4 nitrogen and oxygen atoms in total. The number of esters is 1. The first-order chi connectivity index (χ1) is 8.90. The number of carbonyl (C=O) groups excluding carboxylic acids is 1. The second-order valence-electron chi connectivity index (χ2n) is 3.41. The maximum absolute atomic E-state index is 11.9. The maximum Gasteiger partial charge on any atom is 0.357 e. The first-order valence-electron chi connectivity index (χ1n) is 6.52. The Morgan fingerprint density at radius 1 is 1.56 bits per heavy atom. The van der Waals surface area contributed by atoms with Crippen molar-refractivity contribution in [2.24, 2.45) is 0 Å². The zero-order chi connectivity index (χ0) is 14.3. The first kappa shape index (κ1) is 7.44. The number of carbonyl (C=O) groups is 1. The molecule has 0 amide bonds. The van der Waals surface area contributed by atoms with Crippen LogP contribution in [0.25, 0.3) is 5.65 Å². The van der Waals surface area contributed by atoms with Crippen LogP contribution in [0.15, 0.2) is 18.3 Å². The average molecular weight is 221 g/mol. The van der Waals surface area contributed by atoms with Gasteiger partial charge in [-0.1, -0.05) is 6.04 Å². The predicted molar refractivity (Wildman–Crippen MR) is 60.6 cm³/mol. The third kappa shape index (κ3) is 1.66. The number of imidazole rings is 1. The smallest absolute Gasteiger partial charge is 0.357 e. The molecule has 0 aliphatic rings. The second kappa shape index (κ2) is 3.96. The summed E-state index contributed by atoms with van der Waals surface area (Å²) in [5.41, 5.74) is 1.02. The highest BCUT2D eigenvalue weighted by Crippen LogP contribution is 2.14. The number of nitrogens with zero attached hydrogens (tertiary/aromatic N) is 2. The Labute approximate surface area is 98.1 Å². The summed E-state index contributed by atoms with van der Waals surface area (Å²) in [5, 5.41) is 0. The van der Waals surface area contributed by atoms with Crippen LogP contribution in [0, 0.1) is 13.8 Å². The molecule has 2 heterocycles. The van der Waals surface area contributed by atoms with Gasteiger partial charge < -0.3 is 4.74 Å². The molecule has 0 N–H and O–H groups in total. The molecule has 0 saturated carbocycles. The minimum Gasteiger partial charge on any atom is -0.461 e. The van der Waals surface area contributed by atoms with E-state index in [1.807, 2.05) is 0 Å². The molecule has 2 aromatic rings. The van der Waals surface area contributed by atoms with Crippen LogP contribution in [-0.4, -0.2) is 22.0 Å². The van der Waals surface area contributed by atoms with Gasteiger partial charge in [0.1, 0.15) is 5.65 Å². The van der Waals surface area contributed by atoms with Crippen LogP contribution in [0.4, 0.5) is 0 Å². The van der Waals surface area contributed by atoms with Crippen LogP contribution in [-0.2, 0) is 4.74 Å². The second-order valence-corrected chi connectivity index (χ2v) is 3.41. The lowest BCUT2D eigenvalue weighted by molar-refractivity contribution is 0.0517. The summed E-state index contributed by atoms with van der Waals surface area (Å²) in [5.74, 6) is -0.572. The van der Waals surface area contributed by atoms with E-state index >= 15 is 0 Å². The van der Waals surface area contributed by atoms with Crippen molar-refractivity contribution in [2.75, 3.05) is 6.61 Å². The van der Waals surface area contributed by atoms with Gasteiger partial charge in [0, 0.05) is 6.17 Å². The standard InChI is InChI=1S/C12H14N2O2/c1-4-16-12(15)11-9(3)13-10-6-5-8(2)7-14(10)11/h5-7H,4H2,1-3H3/i5D,6D,7D. The van der Waals surface area contributed by atoms with E-state index in [0.29, 0.717) is 11.3 Å². The molecular weight excluding hydrogens is 204 g/mol. The maximum atomic E-state index is 11.9. The fraction of sp³-hybridized carbons (Fsp3) is 0.333. The average Bonchev–Trinajstić information content (AvgIpc) is 2.72. The molecule has 0 bridgehead atoms. The van der Waals surface area contributed by atoms with Crippen molar-refractivity contribution < 1.29 is 13.6 Å². The molecule has 0 aliphatic carbocycles. The fourth-order valence-corrected chi connectivity index (χ4v) is 1.51. The van der Waals surface area contributed by atoms with Crippen LogP contribution in [0.3, 0.4) is 0 Å². The van der Waals surface area contributed by atoms with E-state index in [2.05, 4.69) is 4.98 Å². The third-order valence-corrected chi connectivity index (χ3v) is 2.16. The monoisotopic (exact) mass is 221 g/mol. The summed E-state index contributed by atoms with van der Waals surface area (Å²) in [6.07, 6.45) is -0.0142. The van der Waals surface area contributed by atoms with Crippen molar-refractivity contribution in [1.29, 1.82) is 0 Å². The van der Waals surface area contributed by atoms with E-state index in [4.69, 9.17) is 8.85 Å². The number of hydrogen-bond donors (Lipinski definition) is 0. The van der Waals surface area contributed by atoms with Gasteiger partial charge in [0.2, 0.25) is 0 Å². The highest BCUT2D eigenvalue weighted by Gasteiger charge is 2.17. The minimum absolute atomic E-state index is 0.0142. The molecule has 0 atom stereocenters. The van der Waals surface area contributed by atoms with Crippen molar-refractivity contribution in [1.82, 2.24) is 9.38 Å². The summed E-state index contributed by atoms with van der Waals surface area (Å²) in [6, 6.07) is -0.134. The zero-order valence-electron chi connectivity index (χ0n) is 12.4. The van der Waals surface area contributed by atoms with Crippen molar-refractivity contribution in [3.63, 3.8) is 0 Å². The zero-order valence-corrected chi connectivity index (χ0v) is 9.42. The van der Waals surface area contributed by atoms with Gasteiger partial charge in [-0.15, -0.1) is 0 Å². The molecule has 0 spiro atoms. The summed E-state index contributed by atoms with van der Waals surface area (Å²) < 4.78 is 29.9. The van der Waals surface area contributed by atoms with Crippen molar-refractivity contribution in [2.45, 2.75) is 20.8 Å². The quantitative estimate of drug-likeness (QED) is 0.730. The van der Waals surface area contributed by atoms with Gasteiger partial charge in [-0.2, -0.15) is 0 Å². The molecule has 0 radical (unpaired) electrons. The minimum atomic E-state index is -0.572. The number of pyridine rings is 1. The van der Waals surface area contributed by atoms with Gasteiger partial charge in [0.15, 0.2) is 5.69 Å². The highest BCUT2D eigenvalue weighted by molar-refractivity contribution is 5.90. The fourth-order valence-electron chi connectivity index (χ4n) is 1.51. The Hall–Kier alpha value is -1.84. The summed E-state index contributed by atoms with van der Waals surface area (Å²) in [6.45, 7) is 5.12. The molecule has 2 aromatic heterocycles. The molecule has 0 saturated heterocycles. The van der Waals surface area contributed by atoms with Gasteiger partial charge in [-0.25, -0.2) is 9.78 Å². The van der Waals surface area contributed by atoms with Crippen molar-refractivity contribution in [3.05, 3.63) is 35.2 Å².